The van der Waals surface area contributed by atoms with Crippen molar-refractivity contribution < 1.29 is 9.90 Å². The molecule has 86 valence electrons. The van der Waals surface area contributed by atoms with Crippen LogP contribution in [0, 0.1) is 5.92 Å². The van der Waals surface area contributed by atoms with Crippen LogP contribution in [0.2, 0.25) is 0 Å². The third kappa shape index (κ3) is 2.80. The van der Waals surface area contributed by atoms with Gasteiger partial charge in [-0.15, -0.1) is 0 Å². The number of hydrogen-bond donors (Lipinski definition) is 3. The van der Waals surface area contributed by atoms with Crippen molar-refractivity contribution in [2.75, 3.05) is 5.43 Å². The summed E-state index contributed by atoms with van der Waals surface area (Å²) >= 11 is 0. The van der Waals surface area contributed by atoms with Crippen molar-refractivity contribution in [1.82, 2.24) is 4.98 Å². The summed E-state index contributed by atoms with van der Waals surface area (Å²) < 4.78 is 0. The van der Waals surface area contributed by atoms with Gasteiger partial charge < -0.3 is 10.5 Å². The number of nitrogens with zero attached hydrogens (tertiary/aromatic N) is 1. The zero-order valence-electron chi connectivity index (χ0n) is 9.10. The van der Waals surface area contributed by atoms with Crippen molar-refractivity contribution in [1.29, 1.82) is 0 Å². The minimum absolute atomic E-state index is 0.0394. The van der Waals surface area contributed by atoms with E-state index in [9.17, 15) is 4.79 Å². The Morgan fingerprint density at radius 1 is 1.75 bits per heavy atom. The number of aromatic nitrogens is 1. The van der Waals surface area contributed by atoms with E-state index < -0.39 is 5.97 Å². The molecule has 1 heterocycles. The largest absolute Gasteiger partial charge is 0.481 e. The van der Waals surface area contributed by atoms with Crippen molar-refractivity contribution in [3.63, 3.8) is 0 Å². The second kappa shape index (κ2) is 5.27. The molecule has 1 aromatic rings. The number of hydrogen-bond acceptors (Lipinski definition) is 4. The predicted octanol–water partition coefficient (Wildman–Crippen LogP) is 1.49. The molecule has 0 fully saturated rings. The Balaban J connectivity index is 2.91. The maximum Gasteiger partial charge on any atom is 0.303 e. The Labute approximate surface area is 94.0 Å². The normalized spacial score (nSPS) is 11.9. The number of aliphatic carboxylic acids is 1. The van der Waals surface area contributed by atoms with Crippen LogP contribution in [-0.2, 0) is 4.79 Å². The fourth-order valence-corrected chi connectivity index (χ4v) is 1.43. The van der Waals surface area contributed by atoms with E-state index in [0.717, 1.165) is 5.56 Å². The Morgan fingerprint density at radius 2 is 2.44 bits per heavy atom. The molecule has 5 nitrogen and oxygen atoms in total. The van der Waals surface area contributed by atoms with Gasteiger partial charge in [-0.1, -0.05) is 13.5 Å². The number of anilines is 1. The molecule has 0 amide bonds. The van der Waals surface area contributed by atoms with Gasteiger partial charge in [-0.2, -0.15) is 0 Å². The molecule has 0 bridgehead atoms. The number of nitrogen functional groups attached to an aromatic ring is 1. The molecule has 1 rings (SSSR count). The van der Waals surface area contributed by atoms with E-state index in [1.165, 1.54) is 0 Å². The summed E-state index contributed by atoms with van der Waals surface area (Å²) in [4.78, 5) is 14.6. The first kappa shape index (κ1) is 12.2. The number of nitrogens with one attached hydrogen (secondary N) is 1. The van der Waals surface area contributed by atoms with Gasteiger partial charge in [0.05, 0.1) is 6.42 Å². The highest BCUT2D eigenvalue weighted by atomic mass is 16.4. The molecule has 16 heavy (non-hydrogen) atoms. The number of carboxylic acid groups (broad SMARTS) is 1. The zero-order valence-corrected chi connectivity index (χ0v) is 9.10. The van der Waals surface area contributed by atoms with Crippen LogP contribution in [0.1, 0.15) is 18.9 Å². The van der Waals surface area contributed by atoms with Gasteiger partial charge in [-0.25, -0.2) is 10.8 Å². The van der Waals surface area contributed by atoms with Gasteiger partial charge in [-0.05, 0) is 23.6 Å². The molecule has 0 aliphatic rings. The van der Waals surface area contributed by atoms with Crippen LogP contribution in [0.25, 0.3) is 5.57 Å². The molecular weight excluding hydrogens is 206 g/mol. The first-order chi connectivity index (χ1) is 7.56. The van der Waals surface area contributed by atoms with Gasteiger partial charge in [-0.3, -0.25) is 4.79 Å². The zero-order chi connectivity index (χ0) is 12.1. The van der Waals surface area contributed by atoms with Crippen LogP contribution < -0.4 is 11.3 Å². The van der Waals surface area contributed by atoms with E-state index in [-0.39, 0.29) is 12.3 Å². The minimum atomic E-state index is -0.847. The predicted molar refractivity (Wildman–Crippen MR) is 62.5 cm³/mol. The van der Waals surface area contributed by atoms with E-state index in [0.29, 0.717) is 11.4 Å². The highest BCUT2D eigenvalue weighted by Crippen LogP contribution is 2.27. The van der Waals surface area contributed by atoms with Crippen molar-refractivity contribution >= 4 is 17.4 Å². The Hall–Kier alpha value is -1.88. The third-order valence-corrected chi connectivity index (χ3v) is 2.37. The molecule has 0 spiro atoms. The molecule has 0 radical (unpaired) electrons. The molecule has 1 atom stereocenters. The van der Waals surface area contributed by atoms with Gasteiger partial charge in [0.2, 0.25) is 0 Å². The summed E-state index contributed by atoms with van der Waals surface area (Å²) in [6.07, 6.45) is 1.64. The van der Waals surface area contributed by atoms with Crippen molar-refractivity contribution in [3.8, 4) is 0 Å². The quantitative estimate of drug-likeness (QED) is 0.518. The first-order valence-electron chi connectivity index (χ1n) is 4.88. The number of rotatable bonds is 5. The number of carbonyl (C=O) groups is 1. The number of carboxylic acids is 1. The topological polar surface area (TPSA) is 88.2 Å². The Kier molecular flexibility index (Phi) is 4.02. The van der Waals surface area contributed by atoms with Crippen LogP contribution in [0.15, 0.2) is 24.9 Å². The maximum atomic E-state index is 10.6. The van der Waals surface area contributed by atoms with Gasteiger partial charge in [0.25, 0.3) is 0 Å². The average molecular weight is 221 g/mol. The van der Waals surface area contributed by atoms with E-state index in [4.69, 9.17) is 10.9 Å². The lowest BCUT2D eigenvalue weighted by atomic mass is 9.93. The van der Waals surface area contributed by atoms with E-state index in [1.807, 2.05) is 13.0 Å². The van der Waals surface area contributed by atoms with Crippen molar-refractivity contribution in [3.05, 3.63) is 30.5 Å². The summed E-state index contributed by atoms with van der Waals surface area (Å²) in [6.45, 7) is 5.70. The number of nitrogens with two attached hydrogens (primary N) is 1. The smallest absolute Gasteiger partial charge is 0.303 e. The summed E-state index contributed by atoms with van der Waals surface area (Å²) in [7, 11) is 0. The molecule has 1 unspecified atom stereocenters. The second-order valence-corrected chi connectivity index (χ2v) is 3.57. The van der Waals surface area contributed by atoms with Crippen LogP contribution in [0.3, 0.4) is 0 Å². The number of pyridine rings is 1. The lowest BCUT2D eigenvalue weighted by molar-refractivity contribution is -0.137. The minimum Gasteiger partial charge on any atom is -0.481 e. The molecule has 0 aliphatic heterocycles. The molecule has 5 heteroatoms. The number of allylic oxidation sites excluding steroid dienone is 1. The molecule has 0 aromatic carbocycles. The first-order valence-corrected chi connectivity index (χ1v) is 4.88. The lowest BCUT2D eigenvalue weighted by Crippen LogP contribution is -2.13. The highest BCUT2D eigenvalue weighted by molar-refractivity contribution is 5.77. The van der Waals surface area contributed by atoms with Crippen LogP contribution >= 0.6 is 0 Å². The molecule has 0 saturated carbocycles. The van der Waals surface area contributed by atoms with Gasteiger partial charge in [0.15, 0.2) is 0 Å². The molecule has 0 saturated heterocycles. The van der Waals surface area contributed by atoms with E-state index in [1.54, 1.807) is 12.3 Å². The fourth-order valence-electron chi connectivity index (χ4n) is 1.43. The third-order valence-electron chi connectivity index (χ3n) is 2.37. The monoisotopic (exact) mass is 221 g/mol. The van der Waals surface area contributed by atoms with Crippen LogP contribution in [0.4, 0.5) is 5.82 Å². The van der Waals surface area contributed by atoms with Crippen molar-refractivity contribution in [2.45, 2.75) is 13.3 Å². The van der Waals surface area contributed by atoms with Gasteiger partial charge >= 0.3 is 5.97 Å². The molecule has 0 aliphatic carbocycles. The Bertz CT molecular complexity index is 404. The summed E-state index contributed by atoms with van der Waals surface area (Å²) in [5, 5.41) is 8.71. The lowest BCUT2D eigenvalue weighted by Gasteiger charge is -2.15. The molecule has 1 aromatic heterocycles. The summed E-state index contributed by atoms with van der Waals surface area (Å²) in [6, 6.07) is 3.57. The summed E-state index contributed by atoms with van der Waals surface area (Å²) in [5.41, 5.74) is 3.93. The second-order valence-electron chi connectivity index (χ2n) is 3.57. The molecular formula is C11H15N3O2. The van der Waals surface area contributed by atoms with Gasteiger partial charge in [0, 0.05) is 11.8 Å². The average Bonchev–Trinajstić information content (AvgIpc) is 2.27. The fraction of sp³-hybridized carbons (Fsp3) is 0.273. The SMILES string of the molecule is C=C(c1cccnc1NN)C(C)CC(=O)O. The maximum absolute atomic E-state index is 10.6. The highest BCUT2D eigenvalue weighted by Gasteiger charge is 2.15. The summed E-state index contributed by atoms with van der Waals surface area (Å²) in [5.74, 6) is 4.82. The van der Waals surface area contributed by atoms with Crippen LogP contribution in [0.5, 0.6) is 0 Å². The number of hydrazine groups is 1. The molecule has 4 N–H and O–H groups in total. The standard InChI is InChI=1S/C11H15N3O2/c1-7(6-10(15)16)8(2)9-4-3-5-13-11(9)14-12/h3-5,7H,2,6,12H2,1H3,(H,13,14)(H,15,16). The van der Waals surface area contributed by atoms with E-state index in [2.05, 4.69) is 17.0 Å². The van der Waals surface area contributed by atoms with Crippen LogP contribution in [-0.4, -0.2) is 16.1 Å². The van der Waals surface area contributed by atoms with Gasteiger partial charge in [0.1, 0.15) is 5.82 Å². The Morgan fingerprint density at radius 3 is 3.00 bits per heavy atom. The van der Waals surface area contributed by atoms with E-state index >= 15 is 0 Å². The van der Waals surface area contributed by atoms with Crippen molar-refractivity contribution in [2.24, 2.45) is 11.8 Å².